The fraction of sp³-hybridized carbons (Fsp3) is 0.500. The van der Waals surface area contributed by atoms with Gasteiger partial charge in [-0.15, -0.1) is 35.9 Å². The SMILES string of the molecule is CCN(CC)CC(=O)Nc1c(SC)cccc1SC.Cl. The standard InChI is InChI=1S/C14H22N2OS2.ClH/c1-5-16(6-2)10-13(17)15-14-11(18-3)8-7-9-12(14)19-4;/h7-9H,5-6,10H2,1-4H3,(H,15,17);1H. The lowest BCUT2D eigenvalue weighted by Gasteiger charge is -2.19. The van der Waals surface area contributed by atoms with Crippen LogP contribution in [0.4, 0.5) is 5.69 Å². The Bertz CT molecular complexity index is 403. The number of hydrogen-bond acceptors (Lipinski definition) is 4. The number of carbonyl (C=O) groups is 1. The second kappa shape index (κ2) is 10.4. The number of hydrogen-bond donors (Lipinski definition) is 1. The summed E-state index contributed by atoms with van der Waals surface area (Å²) in [6, 6.07) is 6.10. The quantitative estimate of drug-likeness (QED) is 0.768. The van der Waals surface area contributed by atoms with E-state index in [9.17, 15) is 4.79 Å². The first-order valence-electron chi connectivity index (χ1n) is 6.39. The lowest BCUT2D eigenvalue weighted by atomic mass is 10.3. The zero-order valence-electron chi connectivity index (χ0n) is 12.4. The zero-order valence-corrected chi connectivity index (χ0v) is 14.9. The first kappa shape index (κ1) is 19.6. The van der Waals surface area contributed by atoms with Crippen LogP contribution in [0, 0.1) is 0 Å². The minimum absolute atomic E-state index is 0. The molecule has 0 aliphatic carbocycles. The number of nitrogens with one attached hydrogen (secondary N) is 1. The number of likely N-dealkylation sites (N-methyl/N-ethyl adjacent to an activating group) is 1. The Morgan fingerprint density at radius 1 is 1.15 bits per heavy atom. The number of nitrogens with zero attached hydrogens (tertiary/aromatic N) is 1. The first-order chi connectivity index (χ1) is 9.15. The highest BCUT2D eigenvalue weighted by Gasteiger charge is 2.12. The normalized spacial score (nSPS) is 10.2. The molecule has 0 atom stereocenters. The van der Waals surface area contributed by atoms with Gasteiger partial charge in [-0.05, 0) is 37.7 Å². The van der Waals surface area contributed by atoms with Crippen molar-refractivity contribution in [3.63, 3.8) is 0 Å². The van der Waals surface area contributed by atoms with Gasteiger partial charge in [0.2, 0.25) is 5.91 Å². The molecule has 0 unspecified atom stereocenters. The van der Waals surface area contributed by atoms with Crippen molar-refractivity contribution < 1.29 is 4.79 Å². The summed E-state index contributed by atoms with van der Waals surface area (Å²) in [6.07, 6.45) is 4.05. The molecule has 1 aromatic carbocycles. The molecule has 114 valence electrons. The maximum absolute atomic E-state index is 12.1. The summed E-state index contributed by atoms with van der Waals surface area (Å²) in [7, 11) is 0. The van der Waals surface area contributed by atoms with Gasteiger partial charge in [-0.1, -0.05) is 19.9 Å². The molecule has 0 fully saturated rings. The van der Waals surface area contributed by atoms with Crippen molar-refractivity contribution >= 4 is 47.5 Å². The molecule has 3 nitrogen and oxygen atoms in total. The van der Waals surface area contributed by atoms with Crippen LogP contribution in [0.15, 0.2) is 28.0 Å². The highest BCUT2D eigenvalue weighted by Crippen LogP contribution is 2.33. The Kier molecular flexibility index (Phi) is 10.2. The van der Waals surface area contributed by atoms with Gasteiger partial charge in [-0.2, -0.15) is 0 Å². The van der Waals surface area contributed by atoms with E-state index in [1.165, 1.54) is 0 Å². The van der Waals surface area contributed by atoms with E-state index in [-0.39, 0.29) is 18.3 Å². The van der Waals surface area contributed by atoms with Crippen LogP contribution in [-0.2, 0) is 4.79 Å². The van der Waals surface area contributed by atoms with Crippen molar-refractivity contribution in [1.29, 1.82) is 0 Å². The Hall–Kier alpha value is -0.360. The molecule has 1 rings (SSSR count). The molecule has 1 aromatic rings. The third kappa shape index (κ3) is 5.56. The van der Waals surface area contributed by atoms with E-state index in [1.807, 2.05) is 30.7 Å². The molecule has 0 aromatic heterocycles. The lowest BCUT2D eigenvalue weighted by Crippen LogP contribution is -2.33. The minimum atomic E-state index is 0. The Morgan fingerprint density at radius 2 is 1.65 bits per heavy atom. The van der Waals surface area contributed by atoms with Gasteiger partial charge < -0.3 is 5.32 Å². The Morgan fingerprint density at radius 3 is 2.05 bits per heavy atom. The summed E-state index contributed by atoms with van der Waals surface area (Å²) in [6.45, 7) is 6.37. The number of thioether (sulfide) groups is 2. The van der Waals surface area contributed by atoms with Crippen molar-refractivity contribution in [2.24, 2.45) is 0 Å². The minimum Gasteiger partial charge on any atom is -0.323 e. The van der Waals surface area contributed by atoms with E-state index in [4.69, 9.17) is 0 Å². The molecule has 0 heterocycles. The van der Waals surface area contributed by atoms with Crippen molar-refractivity contribution in [3.8, 4) is 0 Å². The largest absolute Gasteiger partial charge is 0.323 e. The van der Waals surface area contributed by atoms with E-state index in [0.717, 1.165) is 28.6 Å². The Labute approximate surface area is 136 Å². The third-order valence-electron chi connectivity index (χ3n) is 2.95. The molecule has 0 aliphatic heterocycles. The van der Waals surface area contributed by atoms with E-state index in [2.05, 4.69) is 24.1 Å². The van der Waals surface area contributed by atoms with Gasteiger partial charge in [0, 0.05) is 9.79 Å². The maximum Gasteiger partial charge on any atom is 0.238 e. The Balaban J connectivity index is 0.00000361. The third-order valence-corrected chi connectivity index (χ3v) is 4.51. The van der Waals surface area contributed by atoms with Gasteiger partial charge in [0.15, 0.2) is 0 Å². The van der Waals surface area contributed by atoms with Gasteiger partial charge in [0.25, 0.3) is 0 Å². The number of anilines is 1. The van der Waals surface area contributed by atoms with Crippen molar-refractivity contribution in [2.45, 2.75) is 23.6 Å². The second-order valence-corrected chi connectivity index (χ2v) is 5.74. The molecular weight excluding hydrogens is 312 g/mol. The predicted molar refractivity (Wildman–Crippen MR) is 93.7 cm³/mol. The summed E-state index contributed by atoms with van der Waals surface area (Å²) < 4.78 is 0. The molecule has 0 bridgehead atoms. The van der Waals surface area contributed by atoms with Crippen LogP contribution in [-0.4, -0.2) is 43.0 Å². The molecule has 0 spiro atoms. The predicted octanol–water partition coefficient (Wildman–Crippen LogP) is 3.83. The molecule has 0 saturated carbocycles. The van der Waals surface area contributed by atoms with Crippen molar-refractivity contribution in [2.75, 3.05) is 37.5 Å². The number of amides is 1. The molecule has 0 radical (unpaired) electrons. The fourth-order valence-corrected chi connectivity index (χ4v) is 3.03. The molecule has 20 heavy (non-hydrogen) atoms. The molecule has 1 N–H and O–H groups in total. The number of carbonyl (C=O) groups excluding carboxylic acids is 1. The number of halogens is 1. The van der Waals surface area contributed by atoms with Gasteiger partial charge >= 0.3 is 0 Å². The zero-order chi connectivity index (χ0) is 14.3. The smallest absolute Gasteiger partial charge is 0.238 e. The first-order valence-corrected chi connectivity index (χ1v) is 8.84. The maximum atomic E-state index is 12.1. The summed E-state index contributed by atoms with van der Waals surface area (Å²) in [5, 5.41) is 3.06. The van der Waals surface area contributed by atoms with Crippen molar-refractivity contribution in [1.82, 2.24) is 4.90 Å². The number of para-hydroxylation sites is 1. The molecule has 0 aliphatic rings. The topological polar surface area (TPSA) is 32.3 Å². The molecule has 1 amide bonds. The average Bonchev–Trinajstić information content (AvgIpc) is 2.44. The highest BCUT2D eigenvalue weighted by atomic mass is 35.5. The summed E-state index contributed by atoms with van der Waals surface area (Å²) >= 11 is 3.31. The van der Waals surface area contributed by atoms with Crippen LogP contribution in [0.25, 0.3) is 0 Å². The van der Waals surface area contributed by atoms with E-state index < -0.39 is 0 Å². The highest BCUT2D eigenvalue weighted by molar-refractivity contribution is 7.99. The van der Waals surface area contributed by atoms with Gasteiger partial charge in [-0.25, -0.2) is 0 Å². The lowest BCUT2D eigenvalue weighted by molar-refractivity contribution is -0.117. The second-order valence-electron chi connectivity index (χ2n) is 4.05. The molecular formula is C14H23ClN2OS2. The van der Waals surface area contributed by atoms with Gasteiger partial charge in [0.05, 0.1) is 12.2 Å². The fourth-order valence-electron chi connectivity index (χ4n) is 1.80. The summed E-state index contributed by atoms with van der Waals surface area (Å²) in [5.41, 5.74) is 0.944. The molecule has 0 saturated heterocycles. The van der Waals surface area contributed by atoms with Crippen LogP contribution in [0.2, 0.25) is 0 Å². The van der Waals surface area contributed by atoms with Crippen LogP contribution in [0.5, 0.6) is 0 Å². The van der Waals surface area contributed by atoms with E-state index in [1.54, 1.807) is 23.5 Å². The monoisotopic (exact) mass is 334 g/mol. The molecule has 6 heteroatoms. The van der Waals surface area contributed by atoms with Gasteiger partial charge in [-0.3, -0.25) is 9.69 Å². The van der Waals surface area contributed by atoms with Crippen LogP contribution in [0.3, 0.4) is 0 Å². The van der Waals surface area contributed by atoms with E-state index in [0.29, 0.717) is 6.54 Å². The van der Waals surface area contributed by atoms with E-state index >= 15 is 0 Å². The summed E-state index contributed by atoms with van der Waals surface area (Å²) in [5.74, 6) is 0.0560. The average molecular weight is 335 g/mol. The van der Waals surface area contributed by atoms with Crippen LogP contribution in [0.1, 0.15) is 13.8 Å². The van der Waals surface area contributed by atoms with Crippen LogP contribution < -0.4 is 5.32 Å². The van der Waals surface area contributed by atoms with Gasteiger partial charge in [0.1, 0.15) is 0 Å². The van der Waals surface area contributed by atoms with Crippen LogP contribution >= 0.6 is 35.9 Å². The number of benzene rings is 1. The van der Waals surface area contributed by atoms with Crippen molar-refractivity contribution in [3.05, 3.63) is 18.2 Å². The summed E-state index contributed by atoms with van der Waals surface area (Å²) in [4.78, 5) is 16.4. The number of rotatable bonds is 7.